The summed E-state index contributed by atoms with van der Waals surface area (Å²) < 4.78 is 3.36. The first-order chi connectivity index (χ1) is 15.6. The van der Waals surface area contributed by atoms with Crippen LogP contribution in [0, 0.1) is 0 Å². The van der Waals surface area contributed by atoms with E-state index in [2.05, 4.69) is 17.3 Å². The van der Waals surface area contributed by atoms with E-state index in [4.69, 9.17) is 11.6 Å². The standard InChI is InChI=1S/C25H31ClN4O2/c1-2-3-8-15-29-17-21(24(31)27-20-9-6-4-5-7-10-20)25(32)30-23(29)16-22(28-30)18-11-13-19(26)14-12-18/h11-14,16-17,20H,2-10,15H2,1H3,(H,27,31). The molecule has 0 unspecified atom stereocenters. The summed E-state index contributed by atoms with van der Waals surface area (Å²) in [6.45, 7) is 2.89. The zero-order chi connectivity index (χ0) is 22.5. The molecule has 0 aliphatic heterocycles. The number of benzene rings is 1. The van der Waals surface area contributed by atoms with Gasteiger partial charge in [0.1, 0.15) is 11.2 Å². The van der Waals surface area contributed by atoms with Crippen molar-refractivity contribution >= 4 is 23.2 Å². The molecule has 0 bridgehead atoms. The van der Waals surface area contributed by atoms with Crippen LogP contribution in [0.2, 0.25) is 5.02 Å². The number of fused-ring (bicyclic) bond motifs is 1. The molecular weight excluding hydrogens is 424 g/mol. The molecule has 1 aromatic carbocycles. The third kappa shape index (κ3) is 5.07. The molecule has 0 spiro atoms. The zero-order valence-corrected chi connectivity index (χ0v) is 19.4. The van der Waals surface area contributed by atoms with Crippen LogP contribution in [0.5, 0.6) is 0 Å². The molecule has 3 aromatic rings. The first-order valence-corrected chi connectivity index (χ1v) is 12.1. The Kier molecular flexibility index (Phi) is 7.30. The average molecular weight is 455 g/mol. The van der Waals surface area contributed by atoms with Gasteiger partial charge in [0.05, 0.1) is 5.69 Å². The van der Waals surface area contributed by atoms with Gasteiger partial charge in [-0.25, -0.2) is 0 Å². The molecule has 0 atom stereocenters. The zero-order valence-electron chi connectivity index (χ0n) is 18.6. The lowest BCUT2D eigenvalue weighted by Crippen LogP contribution is -2.38. The minimum atomic E-state index is -0.377. The number of amides is 1. The molecule has 1 amide bonds. The van der Waals surface area contributed by atoms with E-state index in [0.29, 0.717) is 16.4 Å². The molecule has 32 heavy (non-hydrogen) atoms. The van der Waals surface area contributed by atoms with Crippen LogP contribution in [0.25, 0.3) is 16.9 Å². The molecule has 1 fully saturated rings. The number of unbranched alkanes of at least 4 members (excludes halogenated alkanes) is 2. The van der Waals surface area contributed by atoms with Crippen molar-refractivity contribution in [2.75, 3.05) is 0 Å². The van der Waals surface area contributed by atoms with Crippen molar-refractivity contribution in [3.8, 4) is 11.3 Å². The molecule has 1 saturated carbocycles. The highest BCUT2D eigenvalue weighted by Crippen LogP contribution is 2.22. The lowest BCUT2D eigenvalue weighted by atomic mass is 10.1. The van der Waals surface area contributed by atoms with Crippen molar-refractivity contribution in [2.45, 2.75) is 77.3 Å². The number of rotatable bonds is 7. The van der Waals surface area contributed by atoms with Crippen molar-refractivity contribution in [3.05, 3.63) is 57.5 Å². The minimum Gasteiger partial charge on any atom is -0.349 e. The Morgan fingerprint density at radius 1 is 1.12 bits per heavy atom. The van der Waals surface area contributed by atoms with Crippen LogP contribution < -0.4 is 10.9 Å². The monoisotopic (exact) mass is 454 g/mol. The minimum absolute atomic E-state index is 0.135. The molecule has 4 rings (SSSR count). The van der Waals surface area contributed by atoms with Crippen molar-refractivity contribution < 1.29 is 4.79 Å². The summed E-state index contributed by atoms with van der Waals surface area (Å²) in [7, 11) is 0. The molecule has 170 valence electrons. The van der Waals surface area contributed by atoms with Gasteiger partial charge in [0.15, 0.2) is 0 Å². The topological polar surface area (TPSA) is 68.4 Å². The van der Waals surface area contributed by atoms with E-state index in [9.17, 15) is 9.59 Å². The van der Waals surface area contributed by atoms with Crippen molar-refractivity contribution in [1.29, 1.82) is 0 Å². The van der Waals surface area contributed by atoms with E-state index in [0.717, 1.165) is 57.1 Å². The Labute approximate surface area is 193 Å². The molecule has 6 nitrogen and oxygen atoms in total. The first-order valence-electron chi connectivity index (χ1n) is 11.8. The van der Waals surface area contributed by atoms with Crippen LogP contribution >= 0.6 is 11.6 Å². The number of carbonyl (C=O) groups is 1. The molecule has 1 aliphatic carbocycles. The van der Waals surface area contributed by atoms with Gasteiger partial charge in [0.25, 0.3) is 11.5 Å². The normalized spacial score (nSPS) is 15.1. The van der Waals surface area contributed by atoms with Gasteiger partial charge < -0.3 is 9.88 Å². The number of aromatic nitrogens is 3. The number of hydrogen-bond acceptors (Lipinski definition) is 3. The number of nitrogens with zero attached hydrogens (tertiary/aromatic N) is 3. The highest BCUT2D eigenvalue weighted by Gasteiger charge is 2.21. The van der Waals surface area contributed by atoms with E-state index in [1.165, 1.54) is 17.4 Å². The average Bonchev–Trinajstić information content (AvgIpc) is 3.08. The molecule has 2 aromatic heterocycles. The Hall–Kier alpha value is -2.60. The van der Waals surface area contributed by atoms with Gasteiger partial charge in [-0.05, 0) is 31.4 Å². The van der Waals surface area contributed by atoms with Gasteiger partial charge in [-0.3, -0.25) is 9.59 Å². The lowest BCUT2D eigenvalue weighted by Gasteiger charge is -2.17. The molecule has 1 aliphatic rings. The molecule has 7 heteroatoms. The second-order valence-electron chi connectivity index (χ2n) is 8.72. The van der Waals surface area contributed by atoms with E-state index in [-0.39, 0.29) is 23.1 Å². The molecule has 0 saturated heterocycles. The third-order valence-electron chi connectivity index (χ3n) is 6.27. The van der Waals surface area contributed by atoms with Gasteiger partial charge in [-0.15, -0.1) is 0 Å². The quantitative estimate of drug-likeness (QED) is 0.380. The first kappa shape index (κ1) is 22.6. The summed E-state index contributed by atoms with van der Waals surface area (Å²) in [5.41, 5.74) is 2.04. The molecule has 0 radical (unpaired) electrons. The van der Waals surface area contributed by atoms with Crippen LogP contribution in [0.3, 0.4) is 0 Å². The fourth-order valence-corrected chi connectivity index (χ4v) is 4.56. The summed E-state index contributed by atoms with van der Waals surface area (Å²) in [6, 6.07) is 9.42. The van der Waals surface area contributed by atoms with Crippen LogP contribution in [-0.2, 0) is 6.54 Å². The predicted octanol–water partition coefficient (Wildman–Crippen LogP) is 5.46. The largest absolute Gasteiger partial charge is 0.349 e. The van der Waals surface area contributed by atoms with Gasteiger partial charge in [0.2, 0.25) is 0 Å². The fraction of sp³-hybridized carbons (Fsp3) is 0.480. The Morgan fingerprint density at radius 3 is 2.53 bits per heavy atom. The maximum absolute atomic E-state index is 13.3. The van der Waals surface area contributed by atoms with Crippen LogP contribution in [0.4, 0.5) is 0 Å². The fourth-order valence-electron chi connectivity index (χ4n) is 4.43. The van der Waals surface area contributed by atoms with E-state index in [1.807, 2.05) is 22.8 Å². The van der Waals surface area contributed by atoms with Crippen molar-refractivity contribution in [3.63, 3.8) is 0 Å². The Bertz CT molecular complexity index is 1130. The summed E-state index contributed by atoms with van der Waals surface area (Å²) >= 11 is 6.02. The van der Waals surface area contributed by atoms with E-state index in [1.54, 1.807) is 18.3 Å². The summed E-state index contributed by atoms with van der Waals surface area (Å²) in [5.74, 6) is -0.295. The number of hydrogen-bond donors (Lipinski definition) is 1. The van der Waals surface area contributed by atoms with E-state index < -0.39 is 0 Å². The van der Waals surface area contributed by atoms with Gasteiger partial charge in [0, 0.05) is 35.4 Å². The van der Waals surface area contributed by atoms with Gasteiger partial charge in [-0.1, -0.05) is 69.2 Å². The maximum Gasteiger partial charge on any atom is 0.287 e. The van der Waals surface area contributed by atoms with Crippen molar-refractivity contribution in [2.24, 2.45) is 0 Å². The van der Waals surface area contributed by atoms with Gasteiger partial charge >= 0.3 is 0 Å². The predicted molar refractivity (Wildman–Crippen MR) is 128 cm³/mol. The Balaban J connectivity index is 1.71. The number of nitrogens with one attached hydrogen (secondary N) is 1. The highest BCUT2D eigenvalue weighted by molar-refractivity contribution is 6.30. The number of carbonyl (C=O) groups excluding carboxylic acids is 1. The maximum atomic E-state index is 13.3. The smallest absolute Gasteiger partial charge is 0.287 e. The number of halogens is 1. The van der Waals surface area contributed by atoms with Crippen molar-refractivity contribution in [1.82, 2.24) is 19.5 Å². The van der Waals surface area contributed by atoms with Crippen LogP contribution in [-0.4, -0.2) is 26.1 Å². The summed E-state index contributed by atoms with van der Waals surface area (Å²) in [5, 5.41) is 8.33. The summed E-state index contributed by atoms with van der Waals surface area (Å²) in [6.07, 6.45) is 11.5. The third-order valence-corrected chi connectivity index (χ3v) is 6.52. The molecule has 1 N–H and O–H groups in total. The molecular formula is C25H31ClN4O2. The molecule has 2 heterocycles. The highest BCUT2D eigenvalue weighted by atomic mass is 35.5. The number of aryl methyl sites for hydroxylation is 1. The SMILES string of the molecule is CCCCCn1cc(C(=O)NC2CCCCCC2)c(=O)n2nc(-c3ccc(Cl)cc3)cc12. The second-order valence-corrected chi connectivity index (χ2v) is 9.15. The van der Waals surface area contributed by atoms with Crippen LogP contribution in [0.1, 0.15) is 75.1 Å². The van der Waals surface area contributed by atoms with Gasteiger partial charge in [-0.2, -0.15) is 9.61 Å². The van der Waals surface area contributed by atoms with E-state index >= 15 is 0 Å². The van der Waals surface area contributed by atoms with Crippen LogP contribution in [0.15, 0.2) is 41.3 Å². The lowest BCUT2D eigenvalue weighted by molar-refractivity contribution is 0.0930. The summed E-state index contributed by atoms with van der Waals surface area (Å²) in [4.78, 5) is 26.4. The second kappa shape index (κ2) is 10.3. The Morgan fingerprint density at radius 2 is 1.84 bits per heavy atom.